The Morgan fingerprint density at radius 1 is 1.28 bits per heavy atom. The molecule has 138 valence electrons. The van der Waals surface area contributed by atoms with Crippen molar-refractivity contribution in [3.8, 4) is 0 Å². The molecule has 1 aliphatic rings. The van der Waals surface area contributed by atoms with E-state index in [1.165, 1.54) is 4.90 Å². The number of amides is 2. The van der Waals surface area contributed by atoms with E-state index in [0.717, 1.165) is 24.8 Å². The second-order valence-electron chi connectivity index (χ2n) is 6.50. The number of hydrogen-bond donors (Lipinski definition) is 1. The number of ether oxygens (including phenoxy) is 1. The number of nitrogens with zero attached hydrogens (tertiary/aromatic N) is 2. The highest BCUT2D eigenvalue weighted by Crippen LogP contribution is 2.21. The van der Waals surface area contributed by atoms with E-state index < -0.39 is 18.2 Å². The molecular formula is C19H28N2O4. The average molecular weight is 348 g/mol. The van der Waals surface area contributed by atoms with Crippen LogP contribution in [0, 0.1) is 0 Å². The molecule has 0 saturated carbocycles. The average Bonchev–Trinajstić information content (AvgIpc) is 3.01. The molecule has 25 heavy (non-hydrogen) atoms. The van der Waals surface area contributed by atoms with Crippen LogP contribution < -0.4 is 0 Å². The highest BCUT2D eigenvalue weighted by Gasteiger charge is 2.43. The third-order valence-corrected chi connectivity index (χ3v) is 4.53. The fourth-order valence-corrected chi connectivity index (χ4v) is 3.02. The summed E-state index contributed by atoms with van der Waals surface area (Å²) in [7, 11) is 1.72. The highest BCUT2D eigenvalue weighted by atomic mass is 16.6. The molecule has 0 radical (unpaired) electrons. The number of hydrogen-bond acceptors (Lipinski definition) is 4. The lowest BCUT2D eigenvalue weighted by Gasteiger charge is -2.28. The maximum Gasteiger partial charge on any atom is 0.410 e. The summed E-state index contributed by atoms with van der Waals surface area (Å²) in [5.41, 5.74) is 0.884. The van der Waals surface area contributed by atoms with E-state index in [0.29, 0.717) is 19.5 Å². The van der Waals surface area contributed by atoms with E-state index in [4.69, 9.17) is 4.74 Å². The smallest absolute Gasteiger partial charge is 0.410 e. The van der Waals surface area contributed by atoms with E-state index >= 15 is 0 Å². The van der Waals surface area contributed by atoms with Gasteiger partial charge in [0.1, 0.15) is 12.6 Å². The summed E-state index contributed by atoms with van der Waals surface area (Å²) in [4.78, 5) is 28.0. The number of aliphatic hydroxyl groups is 1. The molecule has 6 nitrogen and oxygen atoms in total. The number of carbonyl (C=O) groups excluding carboxylic acids is 2. The Hall–Kier alpha value is -2.08. The zero-order chi connectivity index (χ0) is 18.2. The van der Waals surface area contributed by atoms with Gasteiger partial charge in [0.25, 0.3) is 0 Å². The lowest BCUT2D eigenvalue weighted by atomic mass is 10.1. The maximum atomic E-state index is 12.7. The van der Waals surface area contributed by atoms with Crippen molar-refractivity contribution in [2.24, 2.45) is 0 Å². The molecule has 6 heteroatoms. The first-order valence-corrected chi connectivity index (χ1v) is 8.95. The van der Waals surface area contributed by atoms with Crippen molar-refractivity contribution < 1.29 is 19.4 Å². The van der Waals surface area contributed by atoms with Crippen molar-refractivity contribution in [2.45, 2.75) is 51.4 Å². The lowest BCUT2D eigenvalue weighted by molar-refractivity contribution is -0.136. The van der Waals surface area contributed by atoms with Gasteiger partial charge in [-0.15, -0.1) is 0 Å². The van der Waals surface area contributed by atoms with E-state index in [2.05, 4.69) is 6.92 Å². The van der Waals surface area contributed by atoms with Gasteiger partial charge in [-0.2, -0.15) is 0 Å². The van der Waals surface area contributed by atoms with Gasteiger partial charge in [0.2, 0.25) is 5.91 Å². The molecule has 1 saturated heterocycles. The Morgan fingerprint density at radius 3 is 2.68 bits per heavy atom. The minimum Gasteiger partial charge on any atom is -0.445 e. The lowest BCUT2D eigenvalue weighted by Crippen LogP contribution is -2.50. The summed E-state index contributed by atoms with van der Waals surface area (Å²) in [6.07, 6.45) is 2.03. The number of unbranched alkanes of at least 4 members (excludes halogenated alkanes) is 2. The van der Waals surface area contributed by atoms with Crippen LogP contribution >= 0.6 is 0 Å². The molecule has 1 fully saturated rings. The minimum absolute atomic E-state index is 0.152. The minimum atomic E-state index is -0.852. The normalized spacial score (nSPS) is 19.7. The van der Waals surface area contributed by atoms with Crippen LogP contribution in [0.5, 0.6) is 0 Å². The third-order valence-electron chi connectivity index (χ3n) is 4.53. The third kappa shape index (κ3) is 5.19. The van der Waals surface area contributed by atoms with Gasteiger partial charge < -0.3 is 14.7 Å². The van der Waals surface area contributed by atoms with E-state index in [-0.39, 0.29) is 12.5 Å². The number of carbonyl (C=O) groups is 2. The quantitative estimate of drug-likeness (QED) is 0.768. The van der Waals surface area contributed by atoms with Gasteiger partial charge >= 0.3 is 6.09 Å². The van der Waals surface area contributed by atoms with Gasteiger partial charge in [-0.25, -0.2) is 4.79 Å². The number of likely N-dealkylation sites (tertiary alicyclic amines) is 1. The maximum absolute atomic E-state index is 12.7. The molecular weight excluding hydrogens is 320 g/mol. The van der Waals surface area contributed by atoms with Crippen molar-refractivity contribution in [1.29, 1.82) is 0 Å². The van der Waals surface area contributed by atoms with Gasteiger partial charge in [0, 0.05) is 20.1 Å². The zero-order valence-corrected chi connectivity index (χ0v) is 15.1. The van der Waals surface area contributed by atoms with Gasteiger partial charge in [0.05, 0.1) is 6.10 Å². The predicted octanol–water partition coefficient (Wildman–Crippen LogP) is 2.41. The van der Waals surface area contributed by atoms with Crippen LogP contribution in [-0.4, -0.2) is 59.2 Å². The zero-order valence-electron chi connectivity index (χ0n) is 15.1. The van der Waals surface area contributed by atoms with Gasteiger partial charge in [0.15, 0.2) is 0 Å². The second-order valence-corrected chi connectivity index (χ2v) is 6.50. The fourth-order valence-electron chi connectivity index (χ4n) is 3.02. The van der Waals surface area contributed by atoms with Gasteiger partial charge in [-0.05, 0) is 18.4 Å². The molecule has 2 atom stereocenters. The van der Waals surface area contributed by atoms with Gasteiger partial charge in [-0.1, -0.05) is 50.1 Å². The van der Waals surface area contributed by atoms with Crippen LogP contribution in [0.2, 0.25) is 0 Å². The molecule has 1 heterocycles. The SMILES string of the molecule is CCCCCN(C)C(=O)[C@@H]1C(O)CCN1C(=O)OCc1ccccc1. The molecule has 2 amide bonds. The standard InChI is InChI=1S/C19H28N2O4/c1-3-4-8-12-20(2)18(23)17-16(22)11-13-21(17)19(24)25-14-15-9-6-5-7-10-15/h5-7,9-10,16-17,22H,3-4,8,11-14H2,1-2H3/t16?,17-/m0/s1. The summed E-state index contributed by atoms with van der Waals surface area (Å²) in [6.45, 7) is 3.21. The summed E-state index contributed by atoms with van der Waals surface area (Å²) >= 11 is 0. The largest absolute Gasteiger partial charge is 0.445 e. The Bertz CT molecular complexity index is 564. The summed E-state index contributed by atoms with van der Waals surface area (Å²) in [5.74, 6) is -0.224. The highest BCUT2D eigenvalue weighted by molar-refractivity contribution is 5.86. The van der Waals surface area contributed by atoms with Crippen LogP contribution in [0.15, 0.2) is 30.3 Å². The Balaban J connectivity index is 1.94. The Labute approximate surface area is 149 Å². The molecule has 0 aliphatic carbocycles. The molecule has 2 rings (SSSR count). The molecule has 1 unspecified atom stereocenters. The first-order chi connectivity index (χ1) is 12.0. The van der Waals surface area contributed by atoms with E-state index in [9.17, 15) is 14.7 Å². The molecule has 0 bridgehead atoms. The molecule has 1 aromatic carbocycles. The first-order valence-electron chi connectivity index (χ1n) is 8.95. The van der Waals surface area contributed by atoms with Crippen molar-refractivity contribution in [1.82, 2.24) is 9.80 Å². The van der Waals surface area contributed by atoms with Gasteiger partial charge in [-0.3, -0.25) is 9.69 Å². The fraction of sp³-hybridized carbons (Fsp3) is 0.579. The summed E-state index contributed by atoms with van der Waals surface area (Å²) in [5, 5.41) is 10.2. The Kier molecular flexibility index (Phi) is 7.25. The van der Waals surface area contributed by atoms with Crippen LogP contribution in [0.4, 0.5) is 4.79 Å². The number of aliphatic hydroxyl groups excluding tert-OH is 1. The van der Waals surface area contributed by atoms with E-state index in [1.807, 2.05) is 30.3 Å². The summed E-state index contributed by atoms with van der Waals surface area (Å²) in [6, 6.07) is 8.54. The van der Waals surface area contributed by atoms with Crippen molar-refractivity contribution in [3.05, 3.63) is 35.9 Å². The predicted molar refractivity (Wildman–Crippen MR) is 94.9 cm³/mol. The number of likely N-dealkylation sites (N-methyl/N-ethyl adjacent to an activating group) is 1. The van der Waals surface area contributed by atoms with Crippen molar-refractivity contribution in [3.63, 3.8) is 0 Å². The first kappa shape index (κ1) is 19.2. The number of rotatable bonds is 7. The van der Waals surface area contributed by atoms with Crippen LogP contribution in [-0.2, 0) is 16.1 Å². The number of benzene rings is 1. The van der Waals surface area contributed by atoms with Crippen LogP contribution in [0.1, 0.15) is 38.2 Å². The summed E-state index contributed by atoms with van der Waals surface area (Å²) < 4.78 is 5.32. The van der Waals surface area contributed by atoms with Crippen molar-refractivity contribution >= 4 is 12.0 Å². The molecule has 1 N–H and O–H groups in total. The second kappa shape index (κ2) is 9.42. The molecule has 1 aromatic rings. The molecule has 1 aliphatic heterocycles. The van der Waals surface area contributed by atoms with Crippen molar-refractivity contribution in [2.75, 3.05) is 20.1 Å². The van der Waals surface area contributed by atoms with Crippen LogP contribution in [0.3, 0.4) is 0 Å². The monoisotopic (exact) mass is 348 g/mol. The topological polar surface area (TPSA) is 70.1 Å². The van der Waals surface area contributed by atoms with Crippen LogP contribution in [0.25, 0.3) is 0 Å². The molecule has 0 spiro atoms. The Morgan fingerprint density at radius 2 is 2.00 bits per heavy atom. The molecule has 0 aromatic heterocycles. The van der Waals surface area contributed by atoms with E-state index in [1.54, 1.807) is 11.9 Å².